The Morgan fingerprint density at radius 2 is 1.41 bits per heavy atom. The number of benzene rings is 2. The molecule has 8 N–H and O–H groups in total. The number of amides is 6. The third kappa shape index (κ3) is 17.1. The van der Waals surface area contributed by atoms with Gasteiger partial charge in [-0.15, -0.1) is 0 Å². The molecule has 61 heavy (non-hydrogen) atoms. The van der Waals surface area contributed by atoms with Crippen LogP contribution >= 0.6 is 0 Å². The van der Waals surface area contributed by atoms with Gasteiger partial charge in [-0.3, -0.25) is 39.0 Å². The maximum atomic E-state index is 13.2. The fraction of sp³-hybridized carbons (Fsp3) is 0.581. The number of nitrogens with one attached hydrogen (secondary N) is 5. The number of ether oxygens (including phenoxy) is 4. The fourth-order valence-electron chi connectivity index (χ4n) is 6.83. The quantitative estimate of drug-likeness (QED) is 0.0406. The number of rotatable bonds is 32. The zero-order valence-corrected chi connectivity index (χ0v) is 35.0. The summed E-state index contributed by atoms with van der Waals surface area (Å²) in [5, 5.41) is 24.1. The molecule has 2 aromatic carbocycles. The van der Waals surface area contributed by atoms with E-state index in [1.165, 1.54) is 12.5 Å². The Morgan fingerprint density at radius 1 is 0.770 bits per heavy atom. The van der Waals surface area contributed by atoms with E-state index in [4.69, 9.17) is 24.7 Å². The molecule has 18 heteroatoms. The molecule has 2 aromatic rings. The Labute approximate surface area is 357 Å². The minimum absolute atomic E-state index is 0.0485. The third-order valence-corrected chi connectivity index (χ3v) is 10.0. The predicted molar refractivity (Wildman–Crippen MR) is 226 cm³/mol. The first-order valence-electron chi connectivity index (χ1n) is 21.3. The van der Waals surface area contributed by atoms with Gasteiger partial charge in [0.15, 0.2) is 0 Å². The maximum Gasteiger partial charge on any atom is 0.264 e. The minimum atomic E-state index is -1.03. The summed E-state index contributed by atoms with van der Waals surface area (Å²) >= 11 is 0. The number of hydrogen-bond donors (Lipinski definition) is 7. The second-order valence-corrected chi connectivity index (χ2v) is 14.8. The molecular formula is C43H63N7O11. The van der Waals surface area contributed by atoms with Gasteiger partial charge in [0, 0.05) is 31.6 Å². The maximum absolute atomic E-state index is 13.2. The molecule has 6 amide bonds. The molecule has 336 valence electrons. The number of hydrogen-bond acceptors (Lipinski definition) is 14. The molecule has 0 aromatic heterocycles. The Bertz CT molecular complexity index is 1710. The van der Waals surface area contributed by atoms with Crippen molar-refractivity contribution >= 4 is 41.1 Å². The molecule has 1 saturated heterocycles. The largest absolute Gasteiger partial charge is 0.508 e. The summed E-state index contributed by atoms with van der Waals surface area (Å²) in [5.74, 6) is -2.83. The molecule has 2 aliphatic rings. The molecule has 1 unspecified atom stereocenters. The molecule has 0 spiro atoms. The number of aromatic hydroxyl groups is 1. The molecule has 2 atom stereocenters. The number of carbonyl (C=O) groups excluding carboxylic acids is 6. The van der Waals surface area contributed by atoms with Crippen LogP contribution in [0.4, 0.5) is 5.69 Å². The second kappa shape index (κ2) is 27.8. The number of fused-ring (bicyclic) bond motifs is 1. The van der Waals surface area contributed by atoms with E-state index in [-0.39, 0.29) is 61.9 Å². The lowest BCUT2D eigenvalue weighted by molar-refractivity contribution is -0.136. The van der Waals surface area contributed by atoms with Crippen LogP contribution in [0, 0.1) is 0 Å². The number of carbonyl (C=O) groups is 6. The van der Waals surface area contributed by atoms with Crippen molar-refractivity contribution in [1.29, 1.82) is 0 Å². The van der Waals surface area contributed by atoms with E-state index in [2.05, 4.69) is 26.6 Å². The minimum Gasteiger partial charge on any atom is -0.508 e. The smallest absolute Gasteiger partial charge is 0.264 e. The molecule has 1 fully saturated rings. The van der Waals surface area contributed by atoms with E-state index in [0.717, 1.165) is 62.1 Å². The van der Waals surface area contributed by atoms with Crippen molar-refractivity contribution in [3.05, 3.63) is 59.2 Å². The van der Waals surface area contributed by atoms with Gasteiger partial charge in [0.05, 0.1) is 57.4 Å². The molecule has 4 rings (SSSR count). The van der Waals surface area contributed by atoms with E-state index in [1.54, 1.807) is 36.4 Å². The molecule has 2 heterocycles. The molecule has 0 aliphatic carbocycles. The van der Waals surface area contributed by atoms with E-state index in [9.17, 15) is 33.9 Å². The normalized spacial score (nSPS) is 15.4. The number of nitrogens with zero attached hydrogens (tertiary/aromatic N) is 1. The summed E-state index contributed by atoms with van der Waals surface area (Å²) in [6.07, 6.45) is 7.81. The summed E-state index contributed by atoms with van der Waals surface area (Å²) in [6.45, 7) is 5.28. The molecule has 0 bridgehead atoms. The molecule has 2 aliphatic heterocycles. The van der Waals surface area contributed by atoms with Crippen LogP contribution in [0.2, 0.25) is 0 Å². The second-order valence-electron chi connectivity index (χ2n) is 14.8. The van der Waals surface area contributed by atoms with Crippen molar-refractivity contribution in [1.82, 2.24) is 26.2 Å². The van der Waals surface area contributed by atoms with Crippen molar-refractivity contribution in [3.63, 3.8) is 0 Å². The van der Waals surface area contributed by atoms with Gasteiger partial charge in [-0.05, 0) is 75.1 Å². The highest BCUT2D eigenvalue weighted by molar-refractivity contribution is 6.25. The van der Waals surface area contributed by atoms with Crippen molar-refractivity contribution in [2.24, 2.45) is 5.73 Å². The standard InChI is InChI=1S/C43H63N7O11/c44-17-8-19-45-18-5-3-1-2-4-6-20-47-40(54)35(29-31-11-13-32(51)14-12-31)48-38(53)30-61-28-27-60-26-25-59-24-23-58-22-21-46-34-10-7-9-33-39(34)43(57)50(42(33)56)36-15-16-37(52)49-41(36)55/h7,9-14,35-36,45-46,51H,1-6,8,15-30,44H2,(H,47,54)(H,48,53)(H,49,52,55)/t35-,36?/m0/s1. The first-order valence-corrected chi connectivity index (χ1v) is 21.3. The molecule has 0 radical (unpaired) electrons. The number of imide groups is 2. The average molecular weight is 854 g/mol. The monoisotopic (exact) mass is 853 g/mol. The van der Waals surface area contributed by atoms with Crippen LogP contribution in [0.15, 0.2) is 42.5 Å². The van der Waals surface area contributed by atoms with Gasteiger partial charge >= 0.3 is 0 Å². The number of phenolic OH excluding ortho intramolecular Hbond substituents is 1. The first kappa shape index (κ1) is 48.7. The Morgan fingerprint density at radius 3 is 2.10 bits per heavy atom. The van der Waals surface area contributed by atoms with Crippen LogP contribution in [0.5, 0.6) is 5.75 Å². The van der Waals surface area contributed by atoms with Crippen LogP contribution in [-0.2, 0) is 44.5 Å². The van der Waals surface area contributed by atoms with Crippen molar-refractivity contribution < 1.29 is 52.8 Å². The van der Waals surface area contributed by atoms with Gasteiger partial charge in [-0.2, -0.15) is 0 Å². The van der Waals surface area contributed by atoms with Crippen molar-refractivity contribution in [3.8, 4) is 5.75 Å². The summed E-state index contributed by atoms with van der Waals surface area (Å²) in [6, 6.07) is 9.55. The van der Waals surface area contributed by atoms with Crippen LogP contribution in [0.25, 0.3) is 0 Å². The summed E-state index contributed by atoms with van der Waals surface area (Å²) in [5.41, 5.74) is 7.13. The number of anilines is 1. The Hall–Kier alpha value is -4.98. The van der Waals surface area contributed by atoms with Gasteiger partial charge in [0.1, 0.15) is 24.4 Å². The van der Waals surface area contributed by atoms with Gasteiger partial charge in [0.2, 0.25) is 23.6 Å². The van der Waals surface area contributed by atoms with E-state index >= 15 is 0 Å². The van der Waals surface area contributed by atoms with Crippen LogP contribution in [0.1, 0.15) is 84.1 Å². The fourth-order valence-corrected chi connectivity index (χ4v) is 6.83. The Balaban J connectivity index is 1.01. The lowest BCUT2D eigenvalue weighted by Gasteiger charge is -2.27. The van der Waals surface area contributed by atoms with Gasteiger partial charge in [-0.1, -0.05) is 43.9 Å². The summed E-state index contributed by atoms with van der Waals surface area (Å²) < 4.78 is 22.1. The van der Waals surface area contributed by atoms with Gasteiger partial charge in [-0.25, -0.2) is 0 Å². The molecule has 18 nitrogen and oxygen atoms in total. The van der Waals surface area contributed by atoms with Gasteiger partial charge < -0.3 is 51.1 Å². The van der Waals surface area contributed by atoms with E-state index < -0.39 is 41.6 Å². The average Bonchev–Trinajstić information content (AvgIpc) is 3.50. The number of nitrogens with two attached hydrogens (primary N) is 1. The van der Waals surface area contributed by atoms with E-state index in [1.807, 2.05) is 0 Å². The topological polar surface area (TPSA) is 249 Å². The zero-order valence-electron chi connectivity index (χ0n) is 35.0. The van der Waals surface area contributed by atoms with Crippen LogP contribution < -0.4 is 32.3 Å². The van der Waals surface area contributed by atoms with Crippen LogP contribution in [-0.4, -0.2) is 143 Å². The lowest BCUT2D eigenvalue weighted by Crippen LogP contribution is -2.54. The van der Waals surface area contributed by atoms with Crippen LogP contribution in [0.3, 0.4) is 0 Å². The zero-order chi connectivity index (χ0) is 43.7. The van der Waals surface area contributed by atoms with Gasteiger partial charge in [0.25, 0.3) is 11.8 Å². The Kier molecular flexibility index (Phi) is 22.2. The molecular weight excluding hydrogens is 791 g/mol. The SMILES string of the molecule is NCCCNCCCCCCCCNC(=O)[C@H](Cc1ccc(O)cc1)NC(=O)COCCOCCOCCOCCNc1cccc2c1C(=O)N(C1CCC(=O)NC1=O)C2=O. The first-order chi connectivity index (χ1) is 29.7. The highest BCUT2D eigenvalue weighted by Gasteiger charge is 2.45. The highest BCUT2D eigenvalue weighted by atomic mass is 16.6. The summed E-state index contributed by atoms with van der Waals surface area (Å²) in [7, 11) is 0. The van der Waals surface area contributed by atoms with Crippen molar-refractivity contribution in [2.75, 3.05) is 90.9 Å². The number of piperidine rings is 1. The predicted octanol–water partition coefficient (Wildman–Crippen LogP) is 1.39. The summed E-state index contributed by atoms with van der Waals surface area (Å²) in [4.78, 5) is 76.8. The number of phenols is 1. The van der Waals surface area contributed by atoms with Crippen molar-refractivity contribution in [2.45, 2.75) is 76.3 Å². The van der Waals surface area contributed by atoms with E-state index in [0.29, 0.717) is 58.4 Å². The number of unbranched alkanes of at least 4 members (excludes halogenated alkanes) is 5. The third-order valence-electron chi connectivity index (χ3n) is 10.0. The highest BCUT2D eigenvalue weighted by Crippen LogP contribution is 2.32. The molecule has 0 saturated carbocycles. The lowest BCUT2D eigenvalue weighted by atomic mass is 10.0.